The summed E-state index contributed by atoms with van der Waals surface area (Å²) in [6.07, 6.45) is 3.52. The molecule has 2 heterocycles. The van der Waals surface area contributed by atoms with Gasteiger partial charge < -0.3 is 15.4 Å². The summed E-state index contributed by atoms with van der Waals surface area (Å²) in [6.45, 7) is 4.57. The fourth-order valence-electron chi connectivity index (χ4n) is 3.47. The maximum atomic E-state index is 12.7. The van der Waals surface area contributed by atoms with Gasteiger partial charge in [0.15, 0.2) is 0 Å². The molecule has 0 saturated carbocycles. The van der Waals surface area contributed by atoms with Gasteiger partial charge in [-0.2, -0.15) is 0 Å². The van der Waals surface area contributed by atoms with Crippen molar-refractivity contribution in [3.8, 4) is 0 Å². The third kappa shape index (κ3) is 4.45. The van der Waals surface area contributed by atoms with E-state index in [0.29, 0.717) is 24.4 Å². The van der Waals surface area contributed by atoms with E-state index in [0.717, 1.165) is 36.0 Å². The molecule has 6 nitrogen and oxygen atoms in total. The molecule has 0 radical (unpaired) electrons. The van der Waals surface area contributed by atoms with Crippen molar-refractivity contribution in [2.75, 3.05) is 26.2 Å². The van der Waals surface area contributed by atoms with Gasteiger partial charge in [0.25, 0.3) is 0 Å². The summed E-state index contributed by atoms with van der Waals surface area (Å²) in [5, 5.41) is 5.71. The Hall–Kier alpha value is -1.86. The third-order valence-corrected chi connectivity index (χ3v) is 5.15. The largest absolute Gasteiger partial charge is 0.463 e. The number of esters is 1. The van der Waals surface area contributed by atoms with Gasteiger partial charge in [-0.15, -0.1) is 0 Å². The molecule has 0 aliphatic carbocycles. The molecule has 26 heavy (non-hydrogen) atoms. The van der Waals surface area contributed by atoms with Crippen molar-refractivity contribution in [2.24, 2.45) is 0 Å². The summed E-state index contributed by atoms with van der Waals surface area (Å²) in [5.41, 5.74) is 1.96. The molecule has 2 N–H and O–H groups in total. The van der Waals surface area contributed by atoms with Crippen molar-refractivity contribution in [1.29, 1.82) is 0 Å². The Morgan fingerprint density at radius 3 is 2.77 bits per heavy atom. The molecule has 0 bridgehead atoms. The molecular weight excluding hydrogens is 398 g/mol. The van der Waals surface area contributed by atoms with Gasteiger partial charge in [0, 0.05) is 16.7 Å². The predicted molar refractivity (Wildman–Crippen MR) is 103 cm³/mol. The number of hydrogen-bond acceptors (Lipinski definition) is 4. The summed E-state index contributed by atoms with van der Waals surface area (Å²) in [4.78, 5) is 27.3. The lowest BCUT2D eigenvalue weighted by molar-refractivity contribution is -0.139. The van der Waals surface area contributed by atoms with Crippen LogP contribution in [0.2, 0.25) is 0 Å². The Kier molecular flexibility index (Phi) is 6.32. The highest BCUT2D eigenvalue weighted by atomic mass is 79.9. The van der Waals surface area contributed by atoms with Crippen molar-refractivity contribution in [3.05, 3.63) is 45.6 Å². The molecule has 0 spiro atoms. The van der Waals surface area contributed by atoms with Crippen LogP contribution in [-0.4, -0.2) is 43.1 Å². The lowest BCUT2D eigenvalue weighted by Crippen LogP contribution is -2.49. The lowest BCUT2D eigenvalue weighted by Gasteiger charge is -2.33. The number of carbonyl (C=O) groups is 2. The summed E-state index contributed by atoms with van der Waals surface area (Å²) in [7, 11) is 0. The average molecular weight is 422 g/mol. The van der Waals surface area contributed by atoms with E-state index < -0.39 is 12.0 Å². The highest BCUT2D eigenvalue weighted by molar-refractivity contribution is 9.10. The van der Waals surface area contributed by atoms with E-state index in [9.17, 15) is 9.59 Å². The Bertz CT molecular complexity index is 714. The Balaban J connectivity index is 1.98. The zero-order chi connectivity index (χ0) is 18.5. The van der Waals surface area contributed by atoms with Crippen LogP contribution in [0.4, 0.5) is 4.79 Å². The molecule has 2 amide bonds. The number of nitrogens with zero attached hydrogens (tertiary/aromatic N) is 1. The molecule has 2 aliphatic heterocycles. The van der Waals surface area contributed by atoms with E-state index in [2.05, 4.69) is 31.5 Å². The fraction of sp³-hybridized carbons (Fsp3) is 0.474. The second-order valence-corrected chi connectivity index (χ2v) is 7.45. The Morgan fingerprint density at radius 1 is 1.31 bits per heavy atom. The SMILES string of the molecule is CCOC(=O)C1=C(CN2CCCCC2)NC(=O)NC1c1cccc(Br)c1. The molecule has 7 heteroatoms. The van der Waals surface area contributed by atoms with Crippen LogP contribution >= 0.6 is 15.9 Å². The molecule has 1 unspecified atom stereocenters. The van der Waals surface area contributed by atoms with Crippen molar-refractivity contribution in [3.63, 3.8) is 0 Å². The van der Waals surface area contributed by atoms with E-state index in [1.54, 1.807) is 6.92 Å². The lowest BCUT2D eigenvalue weighted by atomic mass is 9.95. The molecule has 3 rings (SSSR count). The van der Waals surface area contributed by atoms with Gasteiger partial charge >= 0.3 is 12.0 Å². The van der Waals surface area contributed by atoms with E-state index in [1.165, 1.54) is 6.42 Å². The molecule has 0 aromatic heterocycles. The first-order chi connectivity index (χ1) is 12.6. The van der Waals surface area contributed by atoms with Crippen LogP contribution in [0.3, 0.4) is 0 Å². The van der Waals surface area contributed by atoms with Gasteiger partial charge in [-0.05, 0) is 50.6 Å². The standard InChI is InChI=1S/C19H24BrN3O3/c1-2-26-18(24)16-15(12-23-9-4-3-5-10-23)21-19(25)22-17(16)13-7-6-8-14(20)11-13/h6-8,11,17H,2-5,9-10,12H2,1H3,(H2,21,22,25). The maximum Gasteiger partial charge on any atom is 0.338 e. The number of nitrogens with one attached hydrogen (secondary N) is 2. The second-order valence-electron chi connectivity index (χ2n) is 6.54. The van der Waals surface area contributed by atoms with Gasteiger partial charge in [-0.1, -0.05) is 34.5 Å². The number of benzene rings is 1. The van der Waals surface area contributed by atoms with E-state index in [1.807, 2.05) is 24.3 Å². The van der Waals surface area contributed by atoms with E-state index in [4.69, 9.17) is 4.74 Å². The quantitative estimate of drug-likeness (QED) is 0.716. The molecule has 2 aliphatic rings. The van der Waals surface area contributed by atoms with Crippen molar-refractivity contribution in [1.82, 2.24) is 15.5 Å². The number of ether oxygens (including phenoxy) is 1. The first kappa shape index (κ1) is 18.9. The summed E-state index contributed by atoms with van der Waals surface area (Å²) < 4.78 is 6.19. The fourth-order valence-corrected chi connectivity index (χ4v) is 3.89. The van der Waals surface area contributed by atoms with Crippen LogP contribution in [-0.2, 0) is 9.53 Å². The van der Waals surface area contributed by atoms with E-state index >= 15 is 0 Å². The summed E-state index contributed by atoms with van der Waals surface area (Å²) >= 11 is 3.46. The van der Waals surface area contributed by atoms with Gasteiger partial charge in [-0.3, -0.25) is 4.90 Å². The van der Waals surface area contributed by atoms with Crippen molar-refractivity contribution < 1.29 is 14.3 Å². The average Bonchev–Trinajstić information content (AvgIpc) is 2.62. The zero-order valence-corrected chi connectivity index (χ0v) is 16.5. The number of hydrogen-bond donors (Lipinski definition) is 2. The smallest absolute Gasteiger partial charge is 0.338 e. The second kappa shape index (κ2) is 8.68. The number of rotatable bonds is 5. The number of amides is 2. The summed E-state index contributed by atoms with van der Waals surface area (Å²) in [5.74, 6) is -0.392. The maximum absolute atomic E-state index is 12.7. The molecular formula is C19H24BrN3O3. The molecule has 140 valence electrons. The Labute approximate surface area is 162 Å². The molecule has 1 aromatic rings. The monoisotopic (exact) mass is 421 g/mol. The van der Waals surface area contributed by atoms with Crippen LogP contribution in [0.1, 0.15) is 37.8 Å². The minimum absolute atomic E-state index is 0.290. The minimum atomic E-state index is -0.528. The van der Waals surface area contributed by atoms with Crippen LogP contribution < -0.4 is 10.6 Å². The molecule has 1 fully saturated rings. The van der Waals surface area contributed by atoms with Crippen molar-refractivity contribution >= 4 is 27.9 Å². The summed E-state index contributed by atoms with van der Waals surface area (Å²) in [6, 6.07) is 6.79. The van der Waals surface area contributed by atoms with Gasteiger partial charge in [0.1, 0.15) is 0 Å². The number of urea groups is 1. The van der Waals surface area contributed by atoms with Gasteiger partial charge in [-0.25, -0.2) is 9.59 Å². The zero-order valence-electron chi connectivity index (χ0n) is 14.9. The van der Waals surface area contributed by atoms with Gasteiger partial charge in [0.2, 0.25) is 0 Å². The molecule has 1 aromatic carbocycles. The third-order valence-electron chi connectivity index (χ3n) is 4.66. The highest BCUT2D eigenvalue weighted by Gasteiger charge is 2.34. The number of piperidine rings is 1. The molecule has 1 atom stereocenters. The first-order valence-electron chi connectivity index (χ1n) is 9.04. The van der Waals surface area contributed by atoms with Crippen LogP contribution in [0.15, 0.2) is 40.0 Å². The number of likely N-dealkylation sites (tertiary alicyclic amines) is 1. The van der Waals surface area contributed by atoms with E-state index in [-0.39, 0.29) is 6.03 Å². The first-order valence-corrected chi connectivity index (χ1v) is 9.83. The predicted octanol–water partition coefficient (Wildman–Crippen LogP) is 3.11. The Morgan fingerprint density at radius 2 is 2.08 bits per heavy atom. The van der Waals surface area contributed by atoms with Crippen molar-refractivity contribution in [2.45, 2.75) is 32.2 Å². The highest BCUT2D eigenvalue weighted by Crippen LogP contribution is 2.30. The normalized spacial score (nSPS) is 21.2. The number of carbonyl (C=O) groups excluding carboxylic acids is 2. The van der Waals surface area contributed by atoms with Crippen LogP contribution in [0.5, 0.6) is 0 Å². The van der Waals surface area contributed by atoms with Gasteiger partial charge in [0.05, 0.1) is 18.2 Å². The molecule has 1 saturated heterocycles. The number of halogens is 1. The minimum Gasteiger partial charge on any atom is -0.463 e. The topological polar surface area (TPSA) is 70.7 Å². The van der Waals surface area contributed by atoms with Crippen LogP contribution in [0.25, 0.3) is 0 Å². The van der Waals surface area contributed by atoms with Crippen LogP contribution in [0, 0.1) is 0 Å².